The monoisotopic (exact) mass is 370 g/mol. The number of hydrogen-bond acceptors (Lipinski definition) is 4. The third-order valence-corrected chi connectivity index (χ3v) is 5.87. The molecule has 1 aromatic rings. The Morgan fingerprint density at radius 3 is 2.78 bits per heavy atom. The molecule has 2 aliphatic heterocycles. The zero-order valence-corrected chi connectivity index (χ0v) is 15.2. The molecule has 0 unspecified atom stereocenters. The van der Waals surface area contributed by atoms with E-state index in [9.17, 15) is 19.2 Å². The Bertz CT molecular complexity index is 839. The second kappa shape index (κ2) is 6.37. The van der Waals surface area contributed by atoms with Gasteiger partial charge in [-0.2, -0.15) is 0 Å². The third kappa shape index (κ3) is 2.75. The van der Waals surface area contributed by atoms with Crippen molar-refractivity contribution in [2.45, 2.75) is 38.1 Å². The lowest BCUT2D eigenvalue weighted by molar-refractivity contribution is -0.136. The summed E-state index contributed by atoms with van der Waals surface area (Å²) in [4.78, 5) is 52.6. The molecule has 2 fully saturated rings. The minimum atomic E-state index is -0.896. The number of nitrogens with one attached hydrogen (secondary N) is 2. The molecule has 1 aliphatic carbocycles. The smallest absolute Gasteiger partial charge is 0.323 e. The lowest BCUT2D eigenvalue weighted by Crippen LogP contribution is -2.54. The fourth-order valence-electron chi connectivity index (χ4n) is 4.32. The molecule has 4 rings (SSSR count). The zero-order valence-electron chi connectivity index (χ0n) is 15.2. The van der Waals surface area contributed by atoms with Crippen LogP contribution in [0.15, 0.2) is 24.3 Å². The maximum Gasteiger partial charge on any atom is 0.325 e. The molecule has 0 radical (unpaired) electrons. The zero-order chi connectivity index (χ0) is 19.2. The minimum absolute atomic E-state index is 0.0318. The summed E-state index contributed by atoms with van der Waals surface area (Å²) in [7, 11) is 0. The van der Waals surface area contributed by atoms with Gasteiger partial charge in [-0.05, 0) is 30.9 Å². The molecule has 1 spiro atoms. The summed E-state index contributed by atoms with van der Waals surface area (Å²) in [5.41, 5.74) is 0.207. The van der Waals surface area contributed by atoms with Crippen LogP contribution in [0.1, 0.15) is 32.6 Å². The number of carbonyl (C=O) groups is 4. The van der Waals surface area contributed by atoms with Gasteiger partial charge < -0.3 is 10.6 Å². The summed E-state index contributed by atoms with van der Waals surface area (Å²) in [5, 5.41) is 5.56. The highest BCUT2D eigenvalue weighted by Gasteiger charge is 2.55. The standard InChI is InChI=1S/C19H22N4O4/c1-12-6-4-5-9-19(12)17(26)23(18(27)21-19)11-16(25)22-10-15(24)20-13-7-2-3-8-14(13)22/h2-3,7-8,12H,4-6,9-11H2,1H3,(H,20,24)(H,21,27)/t12-,19+/m1/s1. The molecule has 5 amide bonds. The van der Waals surface area contributed by atoms with E-state index in [0.29, 0.717) is 17.8 Å². The van der Waals surface area contributed by atoms with Crippen molar-refractivity contribution in [3.63, 3.8) is 0 Å². The second-order valence-electron chi connectivity index (χ2n) is 7.48. The van der Waals surface area contributed by atoms with Gasteiger partial charge in [0.2, 0.25) is 11.8 Å². The number of hydrogen-bond donors (Lipinski definition) is 2. The third-order valence-electron chi connectivity index (χ3n) is 5.87. The number of para-hydroxylation sites is 2. The number of imide groups is 1. The first-order valence-corrected chi connectivity index (χ1v) is 9.26. The SMILES string of the molecule is C[C@@H]1CCCC[C@]12NC(=O)N(CC(=O)N1CC(=O)Nc3ccccc31)C2=O. The van der Waals surface area contributed by atoms with Gasteiger partial charge in [-0.1, -0.05) is 31.9 Å². The van der Waals surface area contributed by atoms with Gasteiger partial charge in [0, 0.05) is 0 Å². The van der Waals surface area contributed by atoms with Crippen molar-refractivity contribution in [2.24, 2.45) is 5.92 Å². The lowest BCUT2D eigenvalue weighted by atomic mass is 9.73. The summed E-state index contributed by atoms with van der Waals surface area (Å²) >= 11 is 0. The average Bonchev–Trinajstić information content (AvgIpc) is 2.88. The molecule has 3 aliphatic rings. The summed E-state index contributed by atoms with van der Waals surface area (Å²) in [5.74, 6) is -1.06. The fraction of sp³-hybridized carbons (Fsp3) is 0.474. The molecule has 27 heavy (non-hydrogen) atoms. The minimum Gasteiger partial charge on any atom is -0.323 e. The maximum absolute atomic E-state index is 13.0. The molecular formula is C19H22N4O4. The highest BCUT2D eigenvalue weighted by Crippen LogP contribution is 2.38. The number of amides is 5. The van der Waals surface area contributed by atoms with E-state index < -0.39 is 17.5 Å². The highest BCUT2D eigenvalue weighted by molar-refractivity contribution is 6.14. The van der Waals surface area contributed by atoms with Crippen LogP contribution in [0.25, 0.3) is 0 Å². The first-order valence-electron chi connectivity index (χ1n) is 9.26. The molecule has 0 aromatic heterocycles. The van der Waals surface area contributed by atoms with Gasteiger partial charge in [0.1, 0.15) is 18.6 Å². The fourth-order valence-corrected chi connectivity index (χ4v) is 4.32. The van der Waals surface area contributed by atoms with Gasteiger partial charge in [0.15, 0.2) is 0 Å². The van der Waals surface area contributed by atoms with Crippen molar-refractivity contribution >= 4 is 35.1 Å². The van der Waals surface area contributed by atoms with Crippen LogP contribution in [0.5, 0.6) is 0 Å². The maximum atomic E-state index is 13.0. The number of carbonyl (C=O) groups excluding carboxylic acids is 4. The predicted octanol–water partition coefficient (Wildman–Crippen LogP) is 1.47. The number of urea groups is 1. The number of anilines is 2. The Labute approximate surface area is 156 Å². The molecule has 8 heteroatoms. The normalized spacial score (nSPS) is 27.4. The van der Waals surface area contributed by atoms with Crippen LogP contribution in [0.4, 0.5) is 16.2 Å². The summed E-state index contributed by atoms with van der Waals surface area (Å²) in [6, 6.07) is 6.43. The van der Waals surface area contributed by atoms with E-state index in [-0.39, 0.29) is 30.8 Å². The van der Waals surface area contributed by atoms with Gasteiger partial charge in [-0.3, -0.25) is 24.2 Å². The van der Waals surface area contributed by atoms with Crippen molar-refractivity contribution in [2.75, 3.05) is 23.3 Å². The molecule has 1 saturated heterocycles. The molecule has 2 atom stereocenters. The van der Waals surface area contributed by atoms with E-state index in [1.54, 1.807) is 24.3 Å². The summed E-state index contributed by atoms with van der Waals surface area (Å²) in [6.07, 6.45) is 3.37. The molecule has 1 aromatic carbocycles. The molecule has 2 heterocycles. The quantitative estimate of drug-likeness (QED) is 0.770. The Morgan fingerprint density at radius 1 is 1.22 bits per heavy atom. The van der Waals surface area contributed by atoms with Crippen LogP contribution < -0.4 is 15.5 Å². The Morgan fingerprint density at radius 2 is 2.00 bits per heavy atom. The molecule has 8 nitrogen and oxygen atoms in total. The number of rotatable bonds is 2. The molecule has 1 saturated carbocycles. The van der Waals surface area contributed by atoms with Crippen molar-refractivity contribution < 1.29 is 19.2 Å². The number of benzene rings is 1. The van der Waals surface area contributed by atoms with E-state index >= 15 is 0 Å². The Hall–Kier alpha value is -2.90. The van der Waals surface area contributed by atoms with Crippen LogP contribution >= 0.6 is 0 Å². The van der Waals surface area contributed by atoms with Crippen molar-refractivity contribution in [1.82, 2.24) is 10.2 Å². The number of nitrogens with zero attached hydrogens (tertiary/aromatic N) is 2. The van der Waals surface area contributed by atoms with Gasteiger partial charge in [0.05, 0.1) is 11.4 Å². The first kappa shape index (κ1) is 17.5. The van der Waals surface area contributed by atoms with Crippen LogP contribution in [-0.4, -0.2) is 47.3 Å². The second-order valence-corrected chi connectivity index (χ2v) is 7.48. The molecule has 2 N–H and O–H groups in total. The lowest BCUT2D eigenvalue weighted by Gasteiger charge is -2.37. The van der Waals surface area contributed by atoms with E-state index in [1.165, 1.54) is 4.90 Å². The van der Waals surface area contributed by atoms with E-state index in [2.05, 4.69) is 10.6 Å². The topological polar surface area (TPSA) is 98.8 Å². The van der Waals surface area contributed by atoms with Gasteiger partial charge in [0.25, 0.3) is 5.91 Å². The summed E-state index contributed by atoms with van der Waals surface area (Å²) < 4.78 is 0. The van der Waals surface area contributed by atoms with E-state index in [0.717, 1.165) is 24.2 Å². The predicted molar refractivity (Wildman–Crippen MR) is 98.0 cm³/mol. The van der Waals surface area contributed by atoms with Gasteiger partial charge in [-0.15, -0.1) is 0 Å². The van der Waals surface area contributed by atoms with Crippen LogP contribution in [0, 0.1) is 5.92 Å². The van der Waals surface area contributed by atoms with Crippen LogP contribution in [-0.2, 0) is 14.4 Å². The van der Waals surface area contributed by atoms with Crippen molar-refractivity contribution in [3.8, 4) is 0 Å². The Kier molecular flexibility index (Phi) is 4.13. The van der Waals surface area contributed by atoms with Crippen LogP contribution in [0.2, 0.25) is 0 Å². The van der Waals surface area contributed by atoms with Crippen LogP contribution in [0.3, 0.4) is 0 Å². The average molecular weight is 370 g/mol. The number of fused-ring (bicyclic) bond motifs is 1. The van der Waals surface area contributed by atoms with Crippen molar-refractivity contribution in [3.05, 3.63) is 24.3 Å². The largest absolute Gasteiger partial charge is 0.325 e. The van der Waals surface area contributed by atoms with Crippen molar-refractivity contribution in [1.29, 1.82) is 0 Å². The highest BCUT2D eigenvalue weighted by atomic mass is 16.2. The van der Waals surface area contributed by atoms with Gasteiger partial charge in [-0.25, -0.2) is 4.79 Å². The van der Waals surface area contributed by atoms with Gasteiger partial charge >= 0.3 is 6.03 Å². The van der Waals surface area contributed by atoms with E-state index in [4.69, 9.17) is 0 Å². The van der Waals surface area contributed by atoms with E-state index in [1.807, 2.05) is 6.92 Å². The Balaban J connectivity index is 1.56. The first-order chi connectivity index (χ1) is 12.9. The molecular weight excluding hydrogens is 348 g/mol. The molecule has 0 bridgehead atoms. The summed E-state index contributed by atoms with van der Waals surface area (Å²) in [6.45, 7) is 1.45. The molecule has 142 valence electrons.